The molecule has 0 fully saturated rings. The fourth-order valence-corrected chi connectivity index (χ4v) is 1.60. The Bertz CT molecular complexity index is 396. The van der Waals surface area contributed by atoms with E-state index in [9.17, 15) is 13.2 Å². The number of aliphatic hydroxyl groups is 1. The molecule has 1 aromatic heterocycles. The van der Waals surface area contributed by atoms with Crippen molar-refractivity contribution in [1.82, 2.24) is 4.98 Å². The Morgan fingerprint density at radius 1 is 1.39 bits per heavy atom. The SMILES string of the molecule is CCN(CCO)c1nc(C(F)(F)F)ccc1CN. The van der Waals surface area contributed by atoms with Gasteiger partial charge in [-0.2, -0.15) is 13.2 Å². The molecule has 0 aliphatic carbocycles. The van der Waals surface area contributed by atoms with E-state index in [2.05, 4.69) is 4.98 Å². The molecule has 0 amide bonds. The van der Waals surface area contributed by atoms with Gasteiger partial charge in [0.2, 0.25) is 0 Å². The molecular weight excluding hydrogens is 247 g/mol. The van der Waals surface area contributed by atoms with Crippen LogP contribution < -0.4 is 10.6 Å². The lowest BCUT2D eigenvalue weighted by Crippen LogP contribution is -2.29. The minimum atomic E-state index is -4.49. The van der Waals surface area contributed by atoms with E-state index in [1.54, 1.807) is 11.8 Å². The van der Waals surface area contributed by atoms with Gasteiger partial charge >= 0.3 is 6.18 Å². The highest BCUT2D eigenvalue weighted by atomic mass is 19.4. The smallest absolute Gasteiger partial charge is 0.395 e. The number of rotatable bonds is 5. The van der Waals surface area contributed by atoms with Gasteiger partial charge in [-0.3, -0.25) is 0 Å². The number of halogens is 3. The lowest BCUT2D eigenvalue weighted by Gasteiger charge is -2.24. The summed E-state index contributed by atoms with van der Waals surface area (Å²) in [6.07, 6.45) is -4.49. The number of nitrogens with zero attached hydrogens (tertiary/aromatic N) is 2. The van der Waals surface area contributed by atoms with E-state index in [-0.39, 0.29) is 25.5 Å². The van der Waals surface area contributed by atoms with E-state index in [0.29, 0.717) is 12.1 Å². The average molecular weight is 263 g/mol. The van der Waals surface area contributed by atoms with Gasteiger partial charge in [-0.15, -0.1) is 0 Å². The van der Waals surface area contributed by atoms with E-state index in [4.69, 9.17) is 10.8 Å². The molecule has 0 saturated heterocycles. The summed E-state index contributed by atoms with van der Waals surface area (Å²) < 4.78 is 37.8. The molecule has 18 heavy (non-hydrogen) atoms. The molecule has 0 aromatic carbocycles. The first kappa shape index (κ1) is 14.7. The quantitative estimate of drug-likeness (QED) is 0.842. The highest BCUT2D eigenvalue weighted by Gasteiger charge is 2.33. The first-order valence-electron chi connectivity index (χ1n) is 5.57. The topological polar surface area (TPSA) is 62.4 Å². The molecule has 4 nitrogen and oxygen atoms in total. The largest absolute Gasteiger partial charge is 0.433 e. The van der Waals surface area contributed by atoms with Crippen molar-refractivity contribution in [3.8, 4) is 0 Å². The van der Waals surface area contributed by atoms with Gasteiger partial charge in [-0.05, 0) is 13.0 Å². The van der Waals surface area contributed by atoms with Crippen LogP contribution in [0.2, 0.25) is 0 Å². The minimum Gasteiger partial charge on any atom is -0.395 e. The van der Waals surface area contributed by atoms with Gasteiger partial charge in [0.15, 0.2) is 0 Å². The van der Waals surface area contributed by atoms with Crippen molar-refractivity contribution in [2.75, 3.05) is 24.6 Å². The van der Waals surface area contributed by atoms with Gasteiger partial charge in [-0.25, -0.2) is 4.98 Å². The van der Waals surface area contributed by atoms with Gasteiger partial charge in [0.1, 0.15) is 11.5 Å². The normalized spacial score (nSPS) is 11.7. The van der Waals surface area contributed by atoms with Crippen LogP contribution in [-0.4, -0.2) is 29.8 Å². The van der Waals surface area contributed by atoms with Crippen LogP contribution >= 0.6 is 0 Å². The Morgan fingerprint density at radius 3 is 2.50 bits per heavy atom. The number of likely N-dealkylation sites (N-methyl/N-ethyl adjacent to an activating group) is 1. The molecule has 0 aliphatic heterocycles. The summed E-state index contributed by atoms with van der Waals surface area (Å²) in [4.78, 5) is 5.18. The van der Waals surface area contributed by atoms with Crippen LogP contribution in [-0.2, 0) is 12.7 Å². The molecular formula is C11H16F3N3O. The molecule has 0 atom stereocenters. The third-order valence-corrected chi connectivity index (χ3v) is 2.52. The second kappa shape index (κ2) is 6.01. The zero-order valence-corrected chi connectivity index (χ0v) is 10.0. The van der Waals surface area contributed by atoms with Crippen molar-refractivity contribution in [2.45, 2.75) is 19.6 Å². The summed E-state index contributed by atoms with van der Waals surface area (Å²) in [5.41, 5.74) is 5.06. The maximum Gasteiger partial charge on any atom is 0.433 e. The van der Waals surface area contributed by atoms with E-state index in [1.165, 1.54) is 6.07 Å². The summed E-state index contributed by atoms with van der Waals surface area (Å²) in [5, 5.41) is 8.90. The van der Waals surface area contributed by atoms with Crippen molar-refractivity contribution in [1.29, 1.82) is 0 Å². The highest BCUT2D eigenvalue weighted by molar-refractivity contribution is 5.48. The van der Waals surface area contributed by atoms with E-state index in [1.807, 2.05) is 0 Å². The van der Waals surface area contributed by atoms with Crippen LogP contribution in [0.25, 0.3) is 0 Å². The predicted octanol–water partition coefficient (Wildman–Crippen LogP) is 1.38. The van der Waals surface area contributed by atoms with Crippen LogP contribution in [0.4, 0.5) is 19.0 Å². The lowest BCUT2D eigenvalue weighted by molar-refractivity contribution is -0.141. The third kappa shape index (κ3) is 3.33. The third-order valence-electron chi connectivity index (χ3n) is 2.52. The summed E-state index contributed by atoms with van der Waals surface area (Å²) in [5.74, 6) is 0.184. The van der Waals surface area contributed by atoms with Crippen LogP contribution in [0, 0.1) is 0 Å². The van der Waals surface area contributed by atoms with Crippen LogP contribution in [0.5, 0.6) is 0 Å². The standard InChI is InChI=1S/C11H16F3N3O/c1-2-17(5-6-18)10-8(7-15)3-4-9(16-10)11(12,13)14/h3-4,18H,2,5-7,15H2,1H3. The maximum absolute atomic E-state index is 12.6. The van der Waals surface area contributed by atoms with Gasteiger partial charge in [0.05, 0.1) is 6.61 Å². The first-order chi connectivity index (χ1) is 8.43. The van der Waals surface area contributed by atoms with Crippen LogP contribution in [0.3, 0.4) is 0 Å². The predicted molar refractivity (Wildman–Crippen MR) is 62.1 cm³/mol. The molecule has 0 aliphatic rings. The van der Waals surface area contributed by atoms with Crippen LogP contribution in [0.1, 0.15) is 18.2 Å². The zero-order chi connectivity index (χ0) is 13.8. The fourth-order valence-electron chi connectivity index (χ4n) is 1.60. The Labute approximate surface area is 103 Å². The summed E-state index contributed by atoms with van der Waals surface area (Å²) in [6.45, 7) is 2.38. The van der Waals surface area contributed by atoms with Crippen molar-refractivity contribution in [3.05, 3.63) is 23.4 Å². The zero-order valence-electron chi connectivity index (χ0n) is 10.0. The molecule has 0 unspecified atom stereocenters. The number of hydrogen-bond donors (Lipinski definition) is 2. The Morgan fingerprint density at radius 2 is 2.06 bits per heavy atom. The molecule has 0 spiro atoms. The summed E-state index contributed by atoms with van der Waals surface area (Å²) in [7, 11) is 0. The van der Waals surface area contributed by atoms with E-state index in [0.717, 1.165) is 6.07 Å². The first-order valence-corrected chi connectivity index (χ1v) is 5.57. The second-order valence-corrected chi connectivity index (χ2v) is 3.68. The Hall–Kier alpha value is -1.34. The molecule has 1 heterocycles. The number of aromatic nitrogens is 1. The maximum atomic E-state index is 12.6. The van der Waals surface area contributed by atoms with Gasteiger partial charge in [0.25, 0.3) is 0 Å². The number of nitrogens with two attached hydrogens (primary N) is 1. The summed E-state index contributed by atoms with van der Waals surface area (Å²) in [6, 6.07) is 2.24. The molecule has 7 heteroatoms. The molecule has 0 radical (unpaired) electrons. The fraction of sp³-hybridized carbons (Fsp3) is 0.545. The van der Waals surface area contributed by atoms with Gasteiger partial charge in [-0.1, -0.05) is 6.07 Å². The number of alkyl halides is 3. The monoisotopic (exact) mass is 263 g/mol. The van der Waals surface area contributed by atoms with Crippen molar-refractivity contribution < 1.29 is 18.3 Å². The minimum absolute atomic E-state index is 0.0996. The second-order valence-electron chi connectivity index (χ2n) is 3.68. The molecule has 1 aromatic rings. The Balaban J connectivity index is 3.20. The number of aliphatic hydroxyl groups excluding tert-OH is 1. The number of hydrogen-bond acceptors (Lipinski definition) is 4. The van der Waals surface area contributed by atoms with E-state index < -0.39 is 11.9 Å². The van der Waals surface area contributed by atoms with Gasteiger partial charge in [0, 0.05) is 25.2 Å². The summed E-state index contributed by atoms with van der Waals surface area (Å²) >= 11 is 0. The molecule has 1 rings (SSSR count). The molecule has 0 bridgehead atoms. The number of pyridine rings is 1. The van der Waals surface area contributed by atoms with Crippen molar-refractivity contribution in [3.63, 3.8) is 0 Å². The Kier molecular flexibility index (Phi) is 4.92. The highest BCUT2D eigenvalue weighted by Crippen LogP contribution is 2.30. The molecule has 3 N–H and O–H groups in total. The molecule has 0 saturated carbocycles. The van der Waals surface area contributed by atoms with Gasteiger partial charge < -0.3 is 15.7 Å². The van der Waals surface area contributed by atoms with Crippen LogP contribution in [0.15, 0.2) is 12.1 Å². The van der Waals surface area contributed by atoms with E-state index >= 15 is 0 Å². The molecule has 102 valence electrons. The van der Waals surface area contributed by atoms with Crippen molar-refractivity contribution in [2.24, 2.45) is 5.73 Å². The number of anilines is 1. The van der Waals surface area contributed by atoms with Crippen molar-refractivity contribution >= 4 is 5.82 Å². The lowest BCUT2D eigenvalue weighted by atomic mass is 10.2. The average Bonchev–Trinajstić information content (AvgIpc) is 2.34.